The van der Waals surface area contributed by atoms with E-state index in [-0.39, 0.29) is 0 Å². The van der Waals surface area contributed by atoms with Crippen LogP contribution in [0.5, 0.6) is 0 Å². The van der Waals surface area contributed by atoms with Gasteiger partial charge in [0, 0.05) is 38.6 Å². The van der Waals surface area contributed by atoms with E-state index in [2.05, 4.69) is 38.3 Å². The van der Waals surface area contributed by atoms with Crippen molar-refractivity contribution >= 4 is 6.20 Å². The molecule has 0 spiro atoms. The zero-order valence-corrected chi connectivity index (χ0v) is 10.9. The Balaban J connectivity index is 0.000000148. The molecule has 3 aliphatic rings. The lowest BCUT2D eigenvalue weighted by Gasteiger charge is -2.24. The largest absolute Gasteiger partial charge is 0.375 e. The molecule has 0 unspecified atom stereocenters. The first-order chi connectivity index (χ1) is 9.33. The van der Waals surface area contributed by atoms with Crippen molar-refractivity contribution in [2.75, 3.05) is 26.2 Å². The van der Waals surface area contributed by atoms with Crippen molar-refractivity contribution in [3.8, 4) is 11.5 Å². The van der Waals surface area contributed by atoms with Crippen molar-refractivity contribution < 1.29 is 0 Å². The number of rotatable bonds is 2. The van der Waals surface area contributed by atoms with Gasteiger partial charge >= 0.3 is 0 Å². The van der Waals surface area contributed by atoms with Crippen LogP contribution in [0.1, 0.15) is 0 Å². The van der Waals surface area contributed by atoms with Crippen molar-refractivity contribution in [3.05, 3.63) is 38.2 Å². The Morgan fingerprint density at radius 2 is 1.89 bits per heavy atom. The van der Waals surface area contributed by atoms with Crippen LogP contribution in [-0.4, -0.2) is 50.6 Å². The molecule has 3 aliphatic heterocycles. The second-order valence-corrected chi connectivity index (χ2v) is 4.05. The van der Waals surface area contributed by atoms with Crippen LogP contribution < -0.4 is 5.32 Å². The Hall–Kier alpha value is -2.21. The Morgan fingerprint density at radius 1 is 1.11 bits per heavy atom. The van der Waals surface area contributed by atoms with E-state index in [9.17, 15) is 0 Å². The smallest absolute Gasteiger partial charge is 0.182 e. The third-order valence-corrected chi connectivity index (χ3v) is 2.81. The second kappa shape index (κ2) is 6.65. The van der Waals surface area contributed by atoms with Gasteiger partial charge < -0.3 is 14.8 Å². The van der Waals surface area contributed by atoms with Gasteiger partial charge in [-0.15, -0.1) is 0 Å². The zero-order valence-electron chi connectivity index (χ0n) is 10.9. The van der Waals surface area contributed by atoms with Crippen molar-refractivity contribution in [2.24, 2.45) is 0 Å². The summed E-state index contributed by atoms with van der Waals surface area (Å²) in [5, 5.41) is 3.26. The van der Waals surface area contributed by atoms with E-state index >= 15 is 0 Å². The van der Waals surface area contributed by atoms with E-state index in [1.165, 1.54) is 6.33 Å². The zero-order chi connectivity index (χ0) is 13.5. The van der Waals surface area contributed by atoms with Gasteiger partial charge in [-0.3, -0.25) is 0 Å². The first-order valence-electron chi connectivity index (χ1n) is 6.17. The highest BCUT2D eigenvalue weighted by Gasteiger charge is 2.04. The van der Waals surface area contributed by atoms with Gasteiger partial charge in [0.2, 0.25) is 0 Å². The van der Waals surface area contributed by atoms with E-state index in [4.69, 9.17) is 0 Å². The molecule has 0 aliphatic carbocycles. The number of piperazine rings is 1. The van der Waals surface area contributed by atoms with E-state index in [0.29, 0.717) is 5.82 Å². The molecule has 3 rings (SSSR count). The topological polar surface area (TPSA) is 58.9 Å². The SMILES string of the molecule is C=CN1CCNCC1.C=Cn1cnc2ncnc-2c1. The summed E-state index contributed by atoms with van der Waals surface area (Å²) in [5.41, 5.74) is 0.785. The fourth-order valence-corrected chi connectivity index (χ4v) is 1.72. The van der Waals surface area contributed by atoms with Crippen LogP contribution >= 0.6 is 0 Å². The highest BCUT2D eigenvalue weighted by molar-refractivity contribution is 5.48. The monoisotopic (exact) mass is 258 g/mol. The van der Waals surface area contributed by atoms with Gasteiger partial charge in [0.15, 0.2) is 5.82 Å². The van der Waals surface area contributed by atoms with E-state index < -0.39 is 0 Å². The van der Waals surface area contributed by atoms with Crippen LogP contribution in [0, 0.1) is 0 Å². The predicted molar refractivity (Wildman–Crippen MR) is 75.5 cm³/mol. The summed E-state index contributed by atoms with van der Waals surface area (Å²) in [6.45, 7) is 11.7. The number of nitrogens with one attached hydrogen (secondary N) is 1. The van der Waals surface area contributed by atoms with Gasteiger partial charge in [0.05, 0.1) is 0 Å². The Bertz CT molecular complexity index is 500. The molecular weight excluding hydrogens is 240 g/mol. The van der Waals surface area contributed by atoms with Crippen molar-refractivity contribution in [1.82, 2.24) is 29.7 Å². The third kappa shape index (κ3) is 3.62. The summed E-state index contributed by atoms with van der Waals surface area (Å²) in [4.78, 5) is 14.2. The average Bonchev–Trinajstić information content (AvgIpc) is 2.96. The second-order valence-electron chi connectivity index (χ2n) is 4.05. The summed E-state index contributed by atoms with van der Waals surface area (Å²) in [5.74, 6) is 0.670. The fourth-order valence-electron chi connectivity index (χ4n) is 1.72. The van der Waals surface area contributed by atoms with Crippen molar-refractivity contribution in [3.63, 3.8) is 0 Å². The molecule has 1 saturated heterocycles. The molecule has 0 atom stereocenters. The number of hydrogen-bond donors (Lipinski definition) is 1. The normalized spacial score (nSPS) is 14.6. The first-order valence-corrected chi connectivity index (χ1v) is 6.17. The molecule has 1 fully saturated rings. The number of nitrogens with zero attached hydrogens (tertiary/aromatic N) is 5. The minimum atomic E-state index is 0.670. The first kappa shape index (κ1) is 13.2. The van der Waals surface area contributed by atoms with Crippen LogP contribution in [0.3, 0.4) is 0 Å². The number of aromatic nitrogens is 4. The van der Waals surface area contributed by atoms with Gasteiger partial charge in [0.1, 0.15) is 18.3 Å². The third-order valence-electron chi connectivity index (χ3n) is 2.81. The van der Waals surface area contributed by atoms with Crippen LogP contribution in [0.2, 0.25) is 0 Å². The fraction of sp³-hybridized carbons (Fsp3) is 0.308. The van der Waals surface area contributed by atoms with Crippen LogP contribution in [0.15, 0.2) is 38.2 Å². The highest BCUT2D eigenvalue weighted by atomic mass is 15.2. The maximum atomic E-state index is 4.03. The van der Waals surface area contributed by atoms with Gasteiger partial charge in [-0.1, -0.05) is 13.2 Å². The standard InChI is InChI=1S/C7H6N4.C6H12N2/c1-2-11-3-6-7(10-5-11)9-4-8-6;1-2-8-5-3-7-4-6-8/h2-5H,1H2;2,7H,1,3-6H2. The quantitative estimate of drug-likeness (QED) is 0.868. The molecular formula is C13H18N6. The van der Waals surface area contributed by atoms with E-state index in [1.807, 2.05) is 12.4 Å². The number of fused-ring (bicyclic) bond motifs is 1. The lowest BCUT2D eigenvalue weighted by molar-refractivity contribution is 0.325. The summed E-state index contributed by atoms with van der Waals surface area (Å²) in [6, 6.07) is 0. The minimum Gasteiger partial charge on any atom is -0.375 e. The molecule has 6 nitrogen and oxygen atoms in total. The van der Waals surface area contributed by atoms with Gasteiger partial charge in [-0.25, -0.2) is 15.0 Å². The Kier molecular flexibility index (Phi) is 4.63. The Labute approximate surface area is 112 Å². The van der Waals surface area contributed by atoms with Gasteiger partial charge in [-0.05, 0) is 6.20 Å². The molecule has 0 bridgehead atoms. The molecule has 0 aromatic heterocycles. The maximum absolute atomic E-state index is 4.03. The van der Waals surface area contributed by atoms with Crippen LogP contribution in [0.25, 0.3) is 17.7 Å². The lowest BCUT2D eigenvalue weighted by Crippen LogP contribution is -2.40. The number of hydrogen-bond acceptors (Lipinski definition) is 5. The van der Waals surface area contributed by atoms with Gasteiger partial charge in [-0.2, -0.15) is 0 Å². The summed E-state index contributed by atoms with van der Waals surface area (Å²) < 4.78 is 1.73. The molecule has 19 heavy (non-hydrogen) atoms. The minimum absolute atomic E-state index is 0.670. The van der Waals surface area contributed by atoms with Crippen molar-refractivity contribution in [2.45, 2.75) is 0 Å². The molecule has 0 radical (unpaired) electrons. The molecule has 6 heteroatoms. The molecule has 0 aromatic carbocycles. The molecule has 0 saturated carbocycles. The van der Waals surface area contributed by atoms with Crippen molar-refractivity contribution in [1.29, 1.82) is 0 Å². The molecule has 100 valence electrons. The molecule has 3 heterocycles. The lowest BCUT2D eigenvalue weighted by atomic mass is 10.4. The predicted octanol–water partition coefficient (Wildman–Crippen LogP) is 0.913. The van der Waals surface area contributed by atoms with E-state index in [0.717, 1.165) is 31.9 Å². The summed E-state index contributed by atoms with van der Waals surface area (Å²) >= 11 is 0. The molecule has 0 amide bonds. The maximum Gasteiger partial charge on any atom is 0.182 e. The van der Waals surface area contributed by atoms with Gasteiger partial charge in [0.25, 0.3) is 0 Å². The highest BCUT2D eigenvalue weighted by Crippen LogP contribution is 2.10. The average molecular weight is 258 g/mol. The van der Waals surface area contributed by atoms with E-state index in [1.54, 1.807) is 17.1 Å². The molecule has 1 N–H and O–H groups in total. The number of imidazole rings is 1. The summed E-state index contributed by atoms with van der Waals surface area (Å²) in [6.07, 6.45) is 8.51. The van der Waals surface area contributed by atoms with Crippen LogP contribution in [-0.2, 0) is 0 Å². The Morgan fingerprint density at radius 3 is 2.53 bits per heavy atom. The summed E-state index contributed by atoms with van der Waals surface area (Å²) in [7, 11) is 0. The van der Waals surface area contributed by atoms with Crippen LogP contribution in [0.4, 0.5) is 0 Å². The molecule has 0 aromatic rings.